The predicted octanol–water partition coefficient (Wildman–Crippen LogP) is 7.60. The highest BCUT2D eigenvalue weighted by Gasteiger charge is 2.44. The Balaban J connectivity index is 1.37. The van der Waals surface area contributed by atoms with Crippen LogP contribution in [0.3, 0.4) is 0 Å². The zero-order valence-electron chi connectivity index (χ0n) is 24.8. The van der Waals surface area contributed by atoms with Gasteiger partial charge < -0.3 is 19.5 Å². The molecule has 4 aromatic rings. The number of nitrogens with zero attached hydrogens (tertiary/aromatic N) is 2. The van der Waals surface area contributed by atoms with Crippen LogP contribution in [0.15, 0.2) is 83.8 Å². The molecule has 1 aliphatic rings. The Hall–Kier alpha value is -3.54. The second kappa shape index (κ2) is 13.6. The van der Waals surface area contributed by atoms with Crippen LogP contribution in [0.4, 0.5) is 15.9 Å². The Kier molecular flexibility index (Phi) is 9.87. The molecule has 232 valence electrons. The lowest BCUT2D eigenvalue weighted by atomic mass is 9.83. The van der Waals surface area contributed by atoms with E-state index in [1.807, 2.05) is 55.5 Å². The van der Waals surface area contributed by atoms with Crippen LogP contribution in [-0.4, -0.2) is 42.1 Å². The summed E-state index contributed by atoms with van der Waals surface area (Å²) in [5.74, 6) is 0.875. The van der Waals surface area contributed by atoms with Gasteiger partial charge in [-0.1, -0.05) is 25.1 Å². The van der Waals surface area contributed by atoms with E-state index in [9.17, 15) is 12.8 Å². The third-order valence-electron chi connectivity index (χ3n) is 7.69. The van der Waals surface area contributed by atoms with E-state index in [0.29, 0.717) is 24.4 Å². The molecule has 1 N–H and O–H groups in total. The Bertz CT molecular complexity index is 1760. The van der Waals surface area contributed by atoms with E-state index in [1.54, 1.807) is 26.2 Å². The number of rotatable bonds is 13. The normalized spacial score (nSPS) is 17.1. The standard InChI is InChI=1S/C33H35BrFN3O5S/c1-4-31(41-15-16-44(39,40)22(2)3)33(13-6-14-43-33)24-9-11-29-27(18-24)32(37-21-36-29)38-26-10-12-30(28(34)19-26)42-20-23-7-5-8-25(35)17-23/h5-12,14,17-19,21-22,31H,4,13,15-16,20H2,1-3H3,(H,36,37,38). The molecule has 0 spiro atoms. The van der Waals surface area contributed by atoms with Gasteiger partial charge in [-0.2, -0.15) is 0 Å². The highest BCUT2D eigenvalue weighted by Crippen LogP contribution is 2.42. The van der Waals surface area contributed by atoms with Gasteiger partial charge in [0.1, 0.15) is 36.4 Å². The number of ether oxygens (including phenoxy) is 3. The van der Waals surface area contributed by atoms with Gasteiger partial charge in [-0.25, -0.2) is 22.8 Å². The minimum absolute atomic E-state index is 0.0471. The summed E-state index contributed by atoms with van der Waals surface area (Å²) >= 11 is 3.58. The fraction of sp³-hybridized carbons (Fsp3) is 0.333. The van der Waals surface area contributed by atoms with Crippen LogP contribution in [0, 0.1) is 5.82 Å². The molecule has 0 saturated heterocycles. The van der Waals surface area contributed by atoms with Crippen LogP contribution in [0.25, 0.3) is 10.9 Å². The fourth-order valence-corrected chi connectivity index (χ4v) is 6.48. The van der Waals surface area contributed by atoms with Crippen molar-refractivity contribution in [3.05, 3.63) is 101 Å². The maximum absolute atomic E-state index is 13.5. The zero-order chi connectivity index (χ0) is 31.3. The van der Waals surface area contributed by atoms with Crippen molar-refractivity contribution in [3.8, 4) is 5.75 Å². The first-order valence-corrected chi connectivity index (χ1v) is 17.0. The molecule has 2 atom stereocenters. The molecule has 8 nitrogen and oxygen atoms in total. The number of fused-ring (bicyclic) bond motifs is 1. The summed E-state index contributed by atoms with van der Waals surface area (Å²) < 4.78 is 57.4. The number of aromatic nitrogens is 2. The molecule has 0 bridgehead atoms. The molecule has 1 aliphatic heterocycles. The van der Waals surface area contributed by atoms with Crippen molar-refractivity contribution >= 4 is 48.2 Å². The number of anilines is 2. The minimum atomic E-state index is -3.23. The average Bonchev–Trinajstić information content (AvgIpc) is 3.50. The van der Waals surface area contributed by atoms with Crippen LogP contribution in [0.2, 0.25) is 0 Å². The van der Waals surface area contributed by atoms with E-state index in [-0.39, 0.29) is 30.9 Å². The monoisotopic (exact) mass is 683 g/mol. The second-order valence-corrected chi connectivity index (χ2v) is 14.4. The van der Waals surface area contributed by atoms with Crippen LogP contribution < -0.4 is 10.1 Å². The van der Waals surface area contributed by atoms with Crippen molar-refractivity contribution < 1.29 is 27.0 Å². The summed E-state index contributed by atoms with van der Waals surface area (Å²) in [7, 11) is -3.23. The van der Waals surface area contributed by atoms with Crippen LogP contribution in [-0.2, 0) is 31.5 Å². The molecule has 3 aromatic carbocycles. The molecule has 11 heteroatoms. The summed E-state index contributed by atoms with van der Waals surface area (Å²) in [5.41, 5.74) is 2.32. The number of sulfone groups is 1. The van der Waals surface area contributed by atoms with E-state index < -0.39 is 20.7 Å². The molecule has 0 amide bonds. The number of benzene rings is 3. The van der Waals surface area contributed by atoms with E-state index in [4.69, 9.17) is 14.2 Å². The van der Waals surface area contributed by atoms with Crippen molar-refractivity contribution in [3.63, 3.8) is 0 Å². The summed E-state index contributed by atoms with van der Waals surface area (Å²) in [5, 5.41) is 3.72. The molecule has 0 aliphatic carbocycles. The molecule has 2 unspecified atom stereocenters. The van der Waals surface area contributed by atoms with Gasteiger partial charge in [0.15, 0.2) is 15.4 Å². The first-order chi connectivity index (χ1) is 21.1. The first kappa shape index (κ1) is 31.9. The smallest absolute Gasteiger partial charge is 0.162 e. The second-order valence-electron chi connectivity index (χ2n) is 10.9. The molecular formula is C33H35BrFN3O5S. The lowest BCUT2D eigenvalue weighted by Crippen LogP contribution is -2.41. The van der Waals surface area contributed by atoms with Gasteiger partial charge in [0.05, 0.1) is 33.9 Å². The first-order valence-electron chi connectivity index (χ1n) is 14.5. The number of hydrogen-bond donors (Lipinski definition) is 1. The Morgan fingerprint density at radius 2 is 1.95 bits per heavy atom. The van der Waals surface area contributed by atoms with Crippen molar-refractivity contribution in [1.82, 2.24) is 9.97 Å². The number of hydrogen-bond acceptors (Lipinski definition) is 8. The minimum Gasteiger partial charge on any atom is -0.488 e. The average molecular weight is 685 g/mol. The summed E-state index contributed by atoms with van der Waals surface area (Å²) in [6, 6.07) is 17.8. The highest BCUT2D eigenvalue weighted by atomic mass is 79.9. The van der Waals surface area contributed by atoms with E-state index in [2.05, 4.69) is 31.2 Å². The lowest BCUT2D eigenvalue weighted by Gasteiger charge is -2.37. The van der Waals surface area contributed by atoms with Gasteiger partial charge in [-0.15, -0.1) is 0 Å². The molecule has 0 radical (unpaired) electrons. The summed E-state index contributed by atoms with van der Waals surface area (Å²) in [6.07, 6.45) is 5.96. The Morgan fingerprint density at radius 1 is 1.11 bits per heavy atom. The molecule has 44 heavy (non-hydrogen) atoms. The molecule has 2 heterocycles. The van der Waals surface area contributed by atoms with Gasteiger partial charge in [0, 0.05) is 17.5 Å². The quantitative estimate of drug-likeness (QED) is 0.154. The van der Waals surface area contributed by atoms with Gasteiger partial charge in [0.25, 0.3) is 0 Å². The largest absolute Gasteiger partial charge is 0.488 e. The van der Waals surface area contributed by atoms with E-state index >= 15 is 0 Å². The van der Waals surface area contributed by atoms with Crippen molar-refractivity contribution in [2.24, 2.45) is 0 Å². The van der Waals surface area contributed by atoms with Crippen molar-refractivity contribution in [1.29, 1.82) is 0 Å². The van der Waals surface area contributed by atoms with Gasteiger partial charge in [0.2, 0.25) is 0 Å². The third kappa shape index (κ3) is 7.06. The van der Waals surface area contributed by atoms with Gasteiger partial charge in [-0.05, 0) is 95.9 Å². The SMILES string of the molecule is CCC(OCCS(=O)(=O)C(C)C)C1(c2ccc3ncnc(Nc4ccc(OCc5cccc(F)c5)c(Br)c4)c3c2)CC=CO1. The van der Waals surface area contributed by atoms with E-state index in [0.717, 1.165) is 32.2 Å². The lowest BCUT2D eigenvalue weighted by molar-refractivity contribution is -0.107. The maximum Gasteiger partial charge on any atom is 0.162 e. The summed E-state index contributed by atoms with van der Waals surface area (Å²) in [4.78, 5) is 8.99. The molecule has 1 aromatic heterocycles. The van der Waals surface area contributed by atoms with Crippen LogP contribution >= 0.6 is 15.9 Å². The third-order valence-corrected chi connectivity index (χ3v) is 10.5. The number of halogens is 2. The maximum atomic E-state index is 13.5. The molecule has 5 rings (SSSR count). The van der Waals surface area contributed by atoms with Crippen molar-refractivity contribution in [2.75, 3.05) is 17.7 Å². The van der Waals surface area contributed by atoms with Crippen molar-refractivity contribution in [2.45, 2.75) is 57.2 Å². The van der Waals surface area contributed by atoms with Gasteiger partial charge >= 0.3 is 0 Å². The highest BCUT2D eigenvalue weighted by molar-refractivity contribution is 9.10. The van der Waals surface area contributed by atoms with Gasteiger partial charge in [-0.3, -0.25) is 0 Å². The van der Waals surface area contributed by atoms with Crippen LogP contribution in [0.5, 0.6) is 5.75 Å². The Labute approximate surface area is 265 Å². The summed E-state index contributed by atoms with van der Waals surface area (Å²) in [6.45, 7) is 5.68. The topological polar surface area (TPSA) is 99.6 Å². The predicted molar refractivity (Wildman–Crippen MR) is 173 cm³/mol. The number of nitrogens with one attached hydrogen (secondary N) is 1. The Morgan fingerprint density at radius 3 is 2.66 bits per heavy atom. The molecule has 0 saturated carbocycles. The molecule has 0 fully saturated rings. The molecular weight excluding hydrogens is 649 g/mol. The van der Waals surface area contributed by atoms with Crippen LogP contribution in [0.1, 0.15) is 44.7 Å². The fourth-order valence-electron chi connectivity index (χ4n) is 5.18. The zero-order valence-corrected chi connectivity index (χ0v) is 27.2. The van der Waals surface area contributed by atoms with E-state index in [1.165, 1.54) is 18.5 Å².